The van der Waals surface area contributed by atoms with E-state index >= 15 is 0 Å². The zero-order valence-corrected chi connectivity index (χ0v) is 21.1. The summed E-state index contributed by atoms with van der Waals surface area (Å²) in [6, 6.07) is 3.60. The Kier molecular flexibility index (Phi) is 6.22. The third-order valence-corrected chi connectivity index (χ3v) is 8.69. The van der Waals surface area contributed by atoms with E-state index in [4.69, 9.17) is 21.1 Å². The molecule has 1 N–H and O–H groups in total. The topological polar surface area (TPSA) is 111 Å². The number of rotatable bonds is 5. The van der Waals surface area contributed by atoms with Crippen molar-refractivity contribution in [1.29, 1.82) is 0 Å². The fourth-order valence-corrected chi connectivity index (χ4v) is 6.16. The molecular formula is C24H25ClN6O4S. The first-order chi connectivity index (χ1) is 17.5. The Morgan fingerprint density at radius 2 is 2.00 bits per heavy atom. The standard InChI is InChI=1S/C24H25ClN6O4S/c25-21-17(2-1-16-20(21)22(32)31(14-29-16)12-15-9-28-23(33)35-15)36-19-11-26-18(10-27-19)30-6-3-24(4-7-30)5-8-34-13-24/h1-2,10-11,14-15H,3-9,12-13H2,(H,28,33). The Hall–Kier alpha value is -2.89. The number of halogens is 1. The molecule has 0 bridgehead atoms. The molecule has 2 aromatic heterocycles. The Labute approximate surface area is 216 Å². The molecule has 5 heterocycles. The highest BCUT2D eigenvalue weighted by Crippen LogP contribution is 2.40. The van der Waals surface area contributed by atoms with E-state index in [1.807, 2.05) is 6.07 Å². The van der Waals surface area contributed by atoms with Gasteiger partial charge in [0.2, 0.25) is 0 Å². The van der Waals surface area contributed by atoms with Crippen molar-refractivity contribution in [2.45, 2.75) is 41.8 Å². The van der Waals surface area contributed by atoms with Crippen LogP contribution in [0.2, 0.25) is 5.02 Å². The molecule has 3 fully saturated rings. The van der Waals surface area contributed by atoms with Crippen molar-refractivity contribution >= 4 is 46.2 Å². The quantitative estimate of drug-likeness (QED) is 0.533. The van der Waals surface area contributed by atoms with Gasteiger partial charge in [-0.15, -0.1) is 0 Å². The number of fused-ring (bicyclic) bond motifs is 1. The second kappa shape index (κ2) is 9.53. The molecule has 1 amide bonds. The summed E-state index contributed by atoms with van der Waals surface area (Å²) in [6.07, 6.45) is 7.45. The molecular weight excluding hydrogens is 504 g/mol. The summed E-state index contributed by atoms with van der Waals surface area (Å²) in [5, 5.41) is 3.91. The number of ether oxygens (including phenoxy) is 2. The summed E-state index contributed by atoms with van der Waals surface area (Å²) in [4.78, 5) is 41.0. The number of amides is 1. The van der Waals surface area contributed by atoms with Crippen molar-refractivity contribution in [2.75, 3.05) is 37.7 Å². The van der Waals surface area contributed by atoms with Gasteiger partial charge in [0.1, 0.15) is 16.9 Å². The van der Waals surface area contributed by atoms with E-state index in [9.17, 15) is 9.59 Å². The average molecular weight is 529 g/mol. The maximum Gasteiger partial charge on any atom is 0.407 e. The Balaban J connectivity index is 1.18. The number of hydrogen-bond donors (Lipinski definition) is 1. The number of benzene rings is 1. The minimum Gasteiger partial charge on any atom is -0.442 e. The normalized spacial score (nSPS) is 21.2. The number of nitrogens with zero attached hydrogens (tertiary/aromatic N) is 5. The summed E-state index contributed by atoms with van der Waals surface area (Å²) in [5.41, 5.74) is 0.565. The second-order valence-electron chi connectivity index (χ2n) is 9.49. The number of hydrogen-bond acceptors (Lipinski definition) is 9. The van der Waals surface area contributed by atoms with Gasteiger partial charge in [0, 0.05) is 24.6 Å². The first kappa shape index (κ1) is 23.5. The third kappa shape index (κ3) is 4.51. The number of piperidine rings is 1. The van der Waals surface area contributed by atoms with Crippen molar-refractivity contribution in [3.63, 3.8) is 0 Å². The lowest BCUT2D eigenvalue weighted by Crippen LogP contribution is -2.40. The summed E-state index contributed by atoms with van der Waals surface area (Å²) >= 11 is 8.03. The number of cyclic esters (lactones) is 1. The van der Waals surface area contributed by atoms with Crippen LogP contribution in [0.1, 0.15) is 19.3 Å². The number of carbonyl (C=O) groups is 1. The van der Waals surface area contributed by atoms with E-state index in [2.05, 4.69) is 25.2 Å². The number of anilines is 1. The van der Waals surface area contributed by atoms with Gasteiger partial charge in [0.15, 0.2) is 0 Å². The largest absolute Gasteiger partial charge is 0.442 e. The van der Waals surface area contributed by atoms with E-state index in [1.54, 1.807) is 18.5 Å². The van der Waals surface area contributed by atoms with Crippen LogP contribution < -0.4 is 15.8 Å². The lowest BCUT2D eigenvalue weighted by atomic mass is 9.78. The summed E-state index contributed by atoms with van der Waals surface area (Å²) < 4.78 is 12.2. The number of alkyl carbamates (subject to hydrolysis) is 1. The SMILES string of the molecule is O=C1NCC(Cn2cnc3ccc(Sc4cnc(N5CCC6(CCOC6)CC5)cn4)c(Cl)c3c2=O)O1. The van der Waals surface area contributed by atoms with Crippen LogP contribution in [0.5, 0.6) is 0 Å². The van der Waals surface area contributed by atoms with Crippen LogP contribution >= 0.6 is 23.4 Å². The molecule has 1 unspecified atom stereocenters. The molecule has 10 nitrogen and oxygen atoms in total. The Morgan fingerprint density at radius 3 is 2.69 bits per heavy atom. The van der Waals surface area contributed by atoms with Gasteiger partial charge in [0.25, 0.3) is 5.56 Å². The first-order valence-electron chi connectivity index (χ1n) is 11.9. The van der Waals surface area contributed by atoms with E-state index in [1.165, 1.54) is 22.7 Å². The molecule has 36 heavy (non-hydrogen) atoms. The monoisotopic (exact) mass is 528 g/mol. The van der Waals surface area contributed by atoms with Gasteiger partial charge in [0.05, 0.1) is 54.3 Å². The third-order valence-electron chi connectivity index (χ3n) is 7.21. The van der Waals surface area contributed by atoms with Crippen LogP contribution in [0.3, 0.4) is 0 Å². The molecule has 1 aromatic carbocycles. The highest BCUT2D eigenvalue weighted by atomic mass is 35.5. The molecule has 188 valence electrons. The molecule has 1 atom stereocenters. The predicted molar refractivity (Wildman–Crippen MR) is 135 cm³/mol. The van der Waals surface area contributed by atoms with Crippen molar-refractivity contribution in [1.82, 2.24) is 24.8 Å². The fourth-order valence-electron chi connectivity index (χ4n) is 5.04. The molecule has 0 saturated carbocycles. The van der Waals surface area contributed by atoms with Crippen LogP contribution in [0.15, 0.2) is 45.6 Å². The van der Waals surface area contributed by atoms with E-state index in [0.29, 0.717) is 37.8 Å². The average Bonchev–Trinajstić information content (AvgIpc) is 3.52. The van der Waals surface area contributed by atoms with Gasteiger partial charge in [-0.1, -0.05) is 23.4 Å². The molecule has 3 saturated heterocycles. The van der Waals surface area contributed by atoms with Crippen LogP contribution in [-0.2, 0) is 16.0 Å². The van der Waals surface area contributed by atoms with Crippen molar-refractivity contribution in [3.05, 3.63) is 46.2 Å². The Bertz CT molecular complexity index is 1350. The molecule has 0 radical (unpaired) electrons. The highest BCUT2D eigenvalue weighted by Gasteiger charge is 2.38. The second-order valence-corrected chi connectivity index (χ2v) is 10.9. The van der Waals surface area contributed by atoms with Gasteiger partial charge < -0.3 is 19.7 Å². The number of carbonyl (C=O) groups excluding carboxylic acids is 1. The van der Waals surface area contributed by atoms with Crippen molar-refractivity contribution in [3.8, 4) is 0 Å². The van der Waals surface area contributed by atoms with E-state index < -0.39 is 12.2 Å². The minimum atomic E-state index is -0.488. The zero-order chi connectivity index (χ0) is 24.7. The van der Waals surface area contributed by atoms with E-state index in [-0.39, 0.29) is 12.1 Å². The lowest BCUT2D eigenvalue weighted by molar-refractivity contribution is 0.130. The lowest BCUT2D eigenvalue weighted by Gasteiger charge is -2.38. The van der Waals surface area contributed by atoms with Gasteiger partial charge >= 0.3 is 6.09 Å². The fraction of sp³-hybridized carbons (Fsp3) is 0.458. The molecule has 12 heteroatoms. The van der Waals surface area contributed by atoms with Gasteiger partial charge in [-0.25, -0.2) is 19.7 Å². The van der Waals surface area contributed by atoms with Crippen molar-refractivity contribution < 1.29 is 14.3 Å². The van der Waals surface area contributed by atoms with Crippen molar-refractivity contribution in [2.24, 2.45) is 5.41 Å². The summed E-state index contributed by atoms with van der Waals surface area (Å²) in [6.45, 7) is 4.20. The molecule has 3 aromatic rings. The van der Waals surface area contributed by atoms with Crippen LogP contribution in [0, 0.1) is 5.41 Å². The number of aromatic nitrogens is 4. The Morgan fingerprint density at radius 1 is 1.14 bits per heavy atom. The predicted octanol–water partition coefficient (Wildman–Crippen LogP) is 3.11. The van der Waals surface area contributed by atoms with Crippen LogP contribution in [0.25, 0.3) is 10.9 Å². The molecule has 1 spiro atoms. The summed E-state index contributed by atoms with van der Waals surface area (Å²) in [7, 11) is 0. The van der Waals surface area contributed by atoms with Crippen LogP contribution in [-0.4, -0.2) is 64.6 Å². The minimum absolute atomic E-state index is 0.200. The molecule has 3 aliphatic heterocycles. The molecule has 3 aliphatic rings. The summed E-state index contributed by atoms with van der Waals surface area (Å²) in [5.74, 6) is 0.868. The van der Waals surface area contributed by atoms with Gasteiger partial charge in [-0.2, -0.15) is 0 Å². The van der Waals surface area contributed by atoms with Gasteiger partial charge in [-0.3, -0.25) is 9.36 Å². The maximum atomic E-state index is 13.2. The van der Waals surface area contributed by atoms with E-state index in [0.717, 1.165) is 51.4 Å². The first-order valence-corrected chi connectivity index (χ1v) is 13.1. The van der Waals surface area contributed by atoms with Gasteiger partial charge in [-0.05, 0) is 36.8 Å². The maximum absolute atomic E-state index is 13.2. The highest BCUT2D eigenvalue weighted by molar-refractivity contribution is 7.99. The zero-order valence-electron chi connectivity index (χ0n) is 19.5. The van der Waals surface area contributed by atoms with Crippen LogP contribution in [0.4, 0.5) is 10.6 Å². The molecule has 6 rings (SSSR count). The number of nitrogens with one attached hydrogen (secondary N) is 1. The smallest absolute Gasteiger partial charge is 0.407 e. The molecule has 0 aliphatic carbocycles.